The molecule has 36 heavy (non-hydrogen) atoms. The number of amides is 2. The second kappa shape index (κ2) is 12.1. The second-order valence-corrected chi connectivity index (χ2v) is 10.6. The minimum atomic E-state index is -0.712. The van der Waals surface area contributed by atoms with Crippen molar-refractivity contribution in [2.75, 3.05) is 6.61 Å². The largest absolute Gasteiger partial charge is 0.484 e. The molecule has 0 aromatic heterocycles. The maximum absolute atomic E-state index is 13.6. The van der Waals surface area contributed by atoms with Crippen LogP contribution in [0.1, 0.15) is 43.0 Å². The summed E-state index contributed by atoms with van der Waals surface area (Å²) in [6, 6.07) is 22.3. The van der Waals surface area contributed by atoms with Crippen molar-refractivity contribution in [1.82, 2.24) is 10.2 Å². The summed E-state index contributed by atoms with van der Waals surface area (Å²) < 4.78 is 5.84. The molecule has 0 radical (unpaired) electrons. The van der Waals surface area contributed by atoms with E-state index >= 15 is 0 Å². The summed E-state index contributed by atoms with van der Waals surface area (Å²) in [5, 5.41) is 3.70. The molecule has 3 aromatic carbocycles. The van der Waals surface area contributed by atoms with Crippen LogP contribution in [0.25, 0.3) is 0 Å². The fourth-order valence-electron chi connectivity index (χ4n) is 3.83. The van der Waals surface area contributed by atoms with E-state index in [1.807, 2.05) is 89.2 Å². The van der Waals surface area contributed by atoms with E-state index in [1.54, 1.807) is 23.1 Å². The fourth-order valence-corrected chi connectivity index (χ4v) is 3.95. The molecular formula is C30H35ClN2O3. The van der Waals surface area contributed by atoms with E-state index in [0.717, 1.165) is 22.3 Å². The van der Waals surface area contributed by atoms with Crippen LogP contribution < -0.4 is 10.1 Å². The van der Waals surface area contributed by atoms with Gasteiger partial charge in [0.25, 0.3) is 5.91 Å². The number of halogens is 1. The molecule has 0 aliphatic heterocycles. The Balaban J connectivity index is 1.92. The number of hydrogen-bond acceptors (Lipinski definition) is 3. The predicted octanol–water partition coefficient (Wildman–Crippen LogP) is 5.89. The molecule has 5 nitrogen and oxygen atoms in total. The van der Waals surface area contributed by atoms with E-state index in [9.17, 15) is 9.59 Å². The lowest BCUT2D eigenvalue weighted by atomic mass is 10.0. The van der Waals surface area contributed by atoms with Gasteiger partial charge in [-0.15, -0.1) is 0 Å². The van der Waals surface area contributed by atoms with Gasteiger partial charge >= 0.3 is 0 Å². The van der Waals surface area contributed by atoms with Gasteiger partial charge in [0.2, 0.25) is 5.91 Å². The second-order valence-electron chi connectivity index (χ2n) is 10.2. The van der Waals surface area contributed by atoms with Crippen molar-refractivity contribution in [2.45, 2.75) is 59.2 Å². The lowest BCUT2D eigenvalue weighted by Crippen LogP contribution is -2.55. The summed E-state index contributed by atoms with van der Waals surface area (Å²) in [6.45, 7) is 9.79. The van der Waals surface area contributed by atoms with Crippen LogP contribution in [-0.4, -0.2) is 34.9 Å². The van der Waals surface area contributed by atoms with E-state index in [4.69, 9.17) is 16.3 Å². The summed E-state index contributed by atoms with van der Waals surface area (Å²) in [5.41, 5.74) is 3.47. The monoisotopic (exact) mass is 506 g/mol. The molecule has 190 valence electrons. The first kappa shape index (κ1) is 27.3. The molecule has 6 heteroatoms. The molecule has 0 aliphatic carbocycles. The molecule has 0 saturated carbocycles. The molecule has 0 spiro atoms. The first-order valence-electron chi connectivity index (χ1n) is 12.1. The smallest absolute Gasteiger partial charge is 0.261 e. The van der Waals surface area contributed by atoms with Crippen LogP contribution in [0.3, 0.4) is 0 Å². The average molecular weight is 507 g/mol. The molecular weight excluding hydrogens is 472 g/mol. The van der Waals surface area contributed by atoms with Crippen LogP contribution in [0.15, 0.2) is 72.8 Å². The maximum atomic E-state index is 13.6. The van der Waals surface area contributed by atoms with Crippen LogP contribution in [-0.2, 0) is 22.6 Å². The van der Waals surface area contributed by atoms with Crippen molar-refractivity contribution in [3.8, 4) is 5.75 Å². The van der Waals surface area contributed by atoms with Crippen molar-refractivity contribution in [2.24, 2.45) is 0 Å². The van der Waals surface area contributed by atoms with Gasteiger partial charge in [-0.3, -0.25) is 9.59 Å². The molecule has 0 bridgehead atoms. The molecule has 3 aromatic rings. The summed E-state index contributed by atoms with van der Waals surface area (Å²) in [7, 11) is 0. The lowest BCUT2D eigenvalue weighted by molar-refractivity contribution is -0.143. The van der Waals surface area contributed by atoms with Crippen molar-refractivity contribution >= 4 is 23.4 Å². The number of nitrogens with zero attached hydrogens (tertiary/aromatic N) is 1. The molecule has 1 atom stereocenters. The van der Waals surface area contributed by atoms with Crippen LogP contribution in [0.5, 0.6) is 5.75 Å². The van der Waals surface area contributed by atoms with Crippen LogP contribution in [0.2, 0.25) is 5.02 Å². The fraction of sp³-hybridized carbons (Fsp3) is 0.333. The first-order valence-corrected chi connectivity index (χ1v) is 12.5. The van der Waals surface area contributed by atoms with Crippen molar-refractivity contribution < 1.29 is 14.3 Å². The van der Waals surface area contributed by atoms with Crippen LogP contribution in [0, 0.1) is 13.8 Å². The molecule has 0 fully saturated rings. The van der Waals surface area contributed by atoms with Crippen LogP contribution in [0.4, 0.5) is 0 Å². The summed E-state index contributed by atoms with van der Waals surface area (Å²) in [5.74, 6) is 0.0848. The summed E-state index contributed by atoms with van der Waals surface area (Å²) >= 11 is 6.13. The lowest BCUT2D eigenvalue weighted by Gasteiger charge is -2.33. The number of carbonyl (C=O) groups excluding carboxylic acids is 2. The molecule has 0 saturated heterocycles. The highest BCUT2D eigenvalue weighted by Gasteiger charge is 2.32. The number of hydrogen-bond donors (Lipinski definition) is 1. The number of aryl methyl sites for hydroxylation is 2. The van der Waals surface area contributed by atoms with Crippen molar-refractivity contribution in [1.29, 1.82) is 0 Å². The predicted molar refractivity (Wildman–Crippen MR) is 145 cm³/mol. The molecule has 2 amide bonds. The van der Waals surface area contributed by atoms with Crippen molar-refractivity contribution in [3.63, 3.8) is 0 Å². The maximum Gasteiger partial charge on any atom is 0.261 e. The number of carbonyl (C=O) groups is 2. The number of nitrogens with one attached hydrogen (secondary N) is 1. The average Bonchev–Trinajstić information content (AvgIpc) is 2.82. The van der Waals surface area contributed by atoms with E-state index in [-0.39, 0.29) is 25.0 Å². The summed E-state index contributed by atoms with van der Waals surface area (Å²) in [6.07, 6.45) is 0.389. The highest BCUT2D eigenvalue weighted by Crippen LogP contribution is 2.22. The first-order chi connectivity index (χ1) is 17.0. The van der Waals surface area contributed by atoms with E-state index in [2.05, 4.69) is 5.32 Å². The van der Waals surface area contributed by atoms with Gasteiger partial charge in [-0.25, -0.2) is 0 Å². The third-order valence-electron chi connectivity index (χ3n) is 5.73. The minimum Gasteiger partial charge on any atom is -0.484 e. The third-order valence-corrected chi connectivity index (χ3v) is 6.16. The molecule has 0 unspecified atom stereocenters. The van der Waals surface area contributed by atoms with Gasteiger partial charge in [0.1, 0.15) is 11.8 Å². The molecule has 0 aliphatic rings. The van der Waals surface area contributed by atoms with Gasteiger partial charge in [-0.2, -0.15) is 0 Å². The third kappa shape index (κ3) is 8.13. The van der Waals surface area contributed by atoms with Gasteiger partial charge in [0.05, 0.1) is 0 Å². The van der Waals surface area contributed by atoms with Crippen molar-refractivity contribution in [3.05, 3.63) is 100 Å². The molecule has 1 N–H and O–H groups in total. The zero-order valence-corrected chi connectivity index (χ0v) is 22.4. The zero-order chi connectivity index (χ0) is 26.3. The van der Waals surface area contributed by atoms with E-state index in [1.165, 1.54) is 0 Å². The van der Waals surface area contributed by atoms with Gasteiger partial charge < -0.3 is 15.0 Å². The quantitative estimate of drug-likeness (QED) is 0.393. The highest BCUT2D eigenvalue weighted by molar-refractivity contribution is 6.31. The Morgan fingerprint density at radius 2 is 1.61 bits per heavy atom. The van der Waals surface area contributed by atoms with Gasteiger partial charge in [-0.1, -0.05) is 71.8 Å². The highest BCUT2D eigenvalue weighted by atomic mass is 35.5. The Morgan fingerprint density at radius 1 is 0.944 bits per heavy atom. The Morgan fingerprint density at radius 3 is 2.22 bits per heavy atom. The van der Waals surface area contributed by atoms with Crippen LogP contribution >= 0.6 is 11.6 Å². The molecule has 0 heterocycles. The zero-order valence-electron chi connectivity index (χ0n) is 21.7. The van der Waals surface area contributed by atoms with Gasteiger partial charge in [0.15, 0.2) is 6.61 Å². The molecule has 3 rings (SSSR count). The topological polar surface area (TPSA) is 58.6 Å². The standard InChI is InChI=1S/C30H35ClN2O3/c1-21-11-13-24(14-12-21)19-33(28(34)20-36-25-15-16-26(31)22(2)17-25)27(29(35)32-30(3,4)5)18-23-9-7-6-8-10-23/h6-17,27H,18-20H2,1-5H3,(H,32,35)/t27-/m1/s1. The van der Waals surface area contributed by atoms with E-state index < -0.39 is 11.6 Å². The minimum absolute atomic E-state index is 0.193. The Kier molecular flexibility index (Phi) is 9.16. The van der Waals surface area contributed by atoms with E-state index in [0.29, 0.717) is 17.2 Å². The number of benzene rings is 3. The Labute approximate surface area is 219 Å². The van der Waals surface area contributed by atoms with Gasteiger partial charge in [0, 0.05) is 23.5 Å². The Hall–Kier alpha value is -3.31. The SMILES string of the molecule is Cc1ccc(CN(C(=O)COc2ccc(Cl)c(C)c2)[C@H](Cc2ccccc2)C(=O)NC(C)(C)C)cc1. The number of rotatable bonds is 9. The van der Waals surface area contributed by atoms with Gasteiger partial charge in [-0.05, 0) is 69.5 Å². The Bertz CT molecular complexity index is 1170. The normalized spacial score (nSPS) is 12.1. The number of ether oxygens (including phenoxy) is 1. The summed E-state index contributed by atoms with van der Waals surface area (Å²) in [4.78, 5) is 28.8.